The van der Waals surface area contributed by atoms with Crippen molar-refractivity contribution in [1.82, 2.24) is 35.0 Å². The van der Waals surface area contributed by atoms with Crippen molar-refractivity contribution in [2.45, 2.75) is 20.0 Å². The highest BCUT2D eigenvalue weighted by Gasteiger charge is 2.04. The van der Waals surface area contributed by atoms with Gasteiger partial charge in [0, 0.05) is 6.54 Å². The summed E-state index contributed by atoms with van der Waals surface area (Å²) in [5.74, 6) is 0.828. The zero-order valence-corrected chi connectivity index (χ0v) is 8.40. The van der Waals surface area contributed by atoms with E-state index in [0.29, 0.717) is 11.3 Å². The molecule has 0 aliphatic heterocycles. The van der Waals surface area contributed by atoms with Crippen LogP contribution in [0, 0.1) is 4.77 Å². The van der Waals surface area contributed by atoms with E-state index in [2.05, 4.69) is 25.7 Å². The maximum Gasteiger partial charge on any atom is 0.238 e. The second-order valence-electron chi connectivity index (χ2n) is 2.70. The largest absolute Gasteiger partial charge is 0.316 e. The first kappa shape index (κ1) is 9.00. The lowest BCUT2D eigenvalue weighted by atomic mass is 10.5. The second-order valence-corrected chi connectivity index (χ2v) is 3.07. The van der Waals surface area contributed by atoms with E-state index in [1.54, 1.807) is 11.0 Å². The Bertz CT molecular complexity index is 466. The topological polar surface area (TPSA) is 77.2 Å². The average molecular weight is 211 g/mol. The van der Waals surface area contributed by atoms with Crippen molar-refractivity contribution in [3.8, 4) is 0 Å². The highest BCUT2D eigenvalue weighted by Crippen LogP contribution is 1.97. The Labute approximate surface area is 84.8 Å². The Hall–Kier alpha value is -1.57. The van der Waals surface area contributed by atoms with Gasteiger partial charge in [-0.25, -0.2) is 4.68 Å². The fourth-order valence-electron chi connectivity index (χ4n) is 1.13. The Morgan fingerprint density at radius 2 is 2.36 bits per heavy atom. The second kappa shape index (κ2) is 3.66. The van der Waals surface area contributed by atoms with Gasteiger partial charge in [-0.1, -0.05) is 10.3 Å². The lowest BCUT2D eigenvalue weighted by Gasteiger charge is -2.02. The number of hydrogen-bond donors (Lipinski definition) is 1. The van der Waals surface area contributed by atoms with Crippen LogP contribution in [0.2, 0.25) is 0 Å². The molecule has 0 aromatic carbocycles. The zero-order chi connectivity index (χ0) is 9.97. The van der Waals surface area contributed by atoms with Crippen LogP contribution in [0.15, 0.2) is 6.33 Å². The van der Waals surface area contributed by atoms with Gasteiger partial charge in [-0.15, -0.1) is 10.2 Å². The van der Waals surface area contributed by atoms with Gasteiger partial charge in [0.25, 0.3) is 0 Å². The molecular formula is C6H9N7S. The van der Waals surface area contributed by atoms with Crippen LogP contribution in [-0.2, 0) is 13.1 Å². The van der Waals surface area contributed by atoms with Crippen LogP contribution in [0.3, 0.4) is 0 Å². The normalized spacial score (nSPS) is 10.6. The number of nitrogens with zero attached hydrogens (tertiary/aromatic N) is 6. The van der Waals surface area contributed by atoms with Gasteiger partial charge in [0.05, 0.1) is 0 Å². The van der Waals surface area contributed by atoms with Crippen LogP contribution < -0.4 is 0 Å². The minimum absolute atomic E-state index is 0.413. The summed E-state index contributed by atoms with van der Waals surface area (Å²) in [6.45, 7) is 3.37. The SMILES string of the molecule is CCn1cnnc1Cn1[nH]nnc1=S. The Morgan fingerprint density at radius 3 is 3.00 bits per heavy atom. The molecule has 8 heteroatoms. The van der Waals surface area contributed by atoms with Crippen LogP contribution in [-0.4, -0.2) is 35.0 Å². The lowest BCUT2D eigenvalue weighted by molar-refractivity contribution is 0.583. The van der Waals surface area contributed by atoms with Crippen LogP contribution in [0.4, 0.5) is 0 Å². The number of H-pyrrole nitrogens is 1. The first-order valence-electron chi connectivity index (χ1n) is 4.16. The summed E-state index contributed by atoms with van der Waals surface area (Å²) >= 11 is 4.94. The van der Waals surface area contributed by atoms with Crippen molar-refractivity contribution in [1.29, 1.82) is 0 Å². The highest BCUT2D eigenvalue weighted by molar-refractivity contribution is 7.71. The molecule has 0 unspecified atom stereocenters. The smallest absolute Gasteiger partial charge is 0.238 e. The molecule has 0 saturated heterocycles. The molecule has 14 heavy (non-hydrogen) atoms. The van der Waals surface area contributed by atoms with Gasteiger partial charge in [0.15, 0.2) is 5.82 Å². The summed E-state index contributed by atoms with van der Waals surface area (Å²) in [6.07, 6.45) is 1.68. The molecule has 74 valence electrons. The minimum atomic E-state index is 0.413. The number of hydrogen-bond acceptors (Lipinski definition) is 5. The van der Waals surface area contributed by atoms with Gasteiger partial charge >= 0.3 is 0 Å². The molecule has 0 aliphatic carbocycles. The van der Waals surface area contributed by atoms with Crippen LogP contribution >= 0.6 is 12.2 Å². The number of aryl methyl sites for hydroxylation is 1. The molecule has 0 bridgehead atoms. The molecular weight excluding hydrogens is 202 g/mol. The fraction of sp³-hybridized carbons (Fsp3) is 0.500. The summed E-state index contributed by atoms with van der Waals surface area (Å²) in [6, 6.07) is 0. The van der Waals surface area contributed by atoms with Crippen molar-refractivity contribution >= 4 is 12.2 Å². The summed E-state index contributed by atoms with van der Waals surface area (Å²) in [5, 5.41) is 17.7. The van der Waals surface area contributed by atoms with E-state index in [1.807, 2.05) is 11.5 Å². The molecule has 0 amide bonds. The monoisotopic (exact) mass is 211 g/mol. The summed E-state index contributed by atoms with van der Waals surface area (Å²) in [7, 11) is 0. The molecule has 0 saturated carbocycles. The quantitative estimate of drug-likeness (QED) is 0.723. The maximum atomic E-state index is 4.94. The number of aromatic amines is 1. The molecule has 2 aromatic heterocycles. The van der Waals surface area contributed by atoms with Gasteiger partial charge in [0.1, 0.15) is 12.9 Å². The Kier molecular flexibility index (Phi) is 2.35. The Morgan fingerprint density at radius 1 is 1.50 bits per heavy atom. The van der Waals surface area contributed by atoms with E-state index in [4.69, 9.17) is 12.2 Å². The maximum absolute atomic E-state index is 4.94. The zero-order valence-electron chi connectivity index (χ0n) is 7.58. The molecule has 0 fully saturated rings. The van der Waals surface area contributed by atoms with Gasteiger partial charge in [-0.2, -0.15) is 5.21 Å². The van der Waals surface area contributed by atoms with Crippen LogP contribution in [0.1, 0.15) is 12.7 Å². The molecule has 2 rings (SSSR count). The first-order valence-corrected chi connectivity index (χ1v) is 4.56. The fourth-order valence-corrected chi connectivity index (χ4v) is 1.27. The molecule has 0 spiro atoms. The predicted octanol–water partition coefficient (Wildman–Crippen LogP) is -0.00461. The predicted molar refractivity (Wildman–Crippen MR) is 50.0 cm³/mol. The number of tetrazole rings is 1. The Balaban J connectivity index is 2.27. The van der Waals surface area contributed by atoms with Crippen LogP contribution in [0.5, 0.6) is 0 Å². The molecule has 7 nitrogen and oxygen atoms in total. The number of rotatable bonds is 3. The molecule has 0 radical (unpaired) electrons. The molecule has 0 aliphatic rings. The molecule has 0 atom stereocenters. The van der Waals surface area contributed by atoms with Crippen molar-refractivity contribution < 1.29 is 0 Å². The standard InChI is InChI=1S/C6H9N7S/c1-2-12-4-7-8-5(12)3-13-6(14)9-10-11-13/h4H,2-3H2,1H3,(H,9,11,14). The number of nitrogens with one attached hydrogen (secondary N) is 1. The first-order chi connectivity index (χ1) is 6.81. The van der Waals surface area contributed by atoms with E-state index in [-0.39, 0.29) is 0 Å². The van der Waals surface area contributed by atoms with Gasteiger partial charge < -0.3 is 4.57 Å². The third kappa shape index (κ3) is 1.55. The third-order valence-corrected chi connectivity index (χ3v) is 2.17. The van der Waals surface area contributed by atoms with Gasteiger partial charge in [0.2, 0.25) is 4.77 Å². The van der Waals surface area contributed by atoms with E-state index in [1.165, 1.54) is 0 Å². The average Bonchev–Trinajstić information content (AvgIpc) is 2.77. The molecule has 2 heterocycles. The molecule has 1 N–H and O–H groups in total. The van der Waals surface area contributed by atoms with Crippen LogP contribution in [0.25, 0.3) is 0 Å². The van der Waals surface area contributed by atoms with Gasteiger partial charge in [-0.3, -0.25) is 0 Å². The summed E-state index contributed by atoms with van der Waals surface area (Å²) in [4.78, 5) is 0. The number of aromatic nitrogens is 7. The third-order valence-electron chi connectivity index (χ3n) is 1.87. The highest BCUT2D eigenvalue weighted by atomic mass is 32.1. The lowest BCUT2D eigenvalue weighted by Crippen LogP contribution is -2.09. The van der Waals surface area contributed by atoms with Crippen molar-refractivity contribution in [3.05, 3.63) is 16.9 Å². The summed E-state index contributed by atoms with van der Waals surface area (Å²) in [5.41, 5.74) is 0. The van der Waals surface area contributed by atoms with Crippen molar-refractivity contribution in [3.63, 3.8) is 0 Å². The van der Waals surface area contributed by atoms with E-state index >= 15 is 0 Å². The van der Waals surface area contributed by atoms with Crippen molar-refractivity contribution in [2.24, 2.45) is 0 Å². The molecule has 2 aromatic rings. The van der Waals surface area contributed by atoms with E-state index in [0.717, 1.165) is 12.4 Å². The van der Waals surface area contributed by atoms with Gasteiger partial charge in [-0.05, 0) is 19.1 Å². The van der Waals surface area contributed by atoms with Crippen molar-refractivity contribution in [2.75, 3.05) is 0 Å². The minimum Gasteiger partial charge on any atom is -0.316 e. The van der Waals surface area contributed by atoms with E-state index in [9.17, 15) is 0 Å². The van der Waals surface area contributed by atoms with E-state index < -0.39 is 0 Å². The summed E-state index contributed by atoms with van der Waals surface area (Å²) < 4.78 is 3.98.